The molecule has 9 aromatic rings. The van der Waals surface area contributed by atoms with E-state index in [-0.39, 0.29) is 0 Å². The summed E-state index contributed by atoms with van der Waals surface area (Å²) in [4.78, 5) is 7.08. The van der Waals surface area contributed by atoms with Crippen LogP contribution in [0.25, 0.3) is 55.8 Å². The molecule has 0 aliphatic carbocycles. The number of fused-ring (bicyclic) bond motifs is 2. The number of para-hydroxylation sites is 2. The molecule has 2 aromatic heterocycles. The van der Waals surface area contributed by atoms with E-state index in [1.807, 2.05) is 18.3 Å². The number of rotatable bonds is 8. The molecule has 61 heavy (non-hydrogen) atoms. The topological polar surface area (TPSA) is 35.2 Å². The van der Waals surface area contributed by atoms with Gasteiger partial charge in [-0.15, -0.1) is 0 Å². The van der Waals surface area contributed by atoms with Crippen LogP contribution in [-0.2, 0) is 25.8 Å². The maximum absolute atomic E-state index is 6.84. The quantitative estimate of drug-likeness (QED) is 0.142. The first-order valence-corrected chi connectivity index (χ1v) is 22.0. The Morgan fingerprint density at radius 3 is 1.84 bits per heavy atom. The van der Waals surface area contributed by atoms with E-state index in [9.17, 15) is 0 Å². The van der Waals surface area contributed by atoms with Crippen LogP contribution in [0.3, 0.4) is 0 Å². The first kappa shape index (κ1) is 38.6. The van der Waals surface area contributed by atoms with Gasteiger partial charge < -0.3 is 0 Å². The van der Waals surface area contributed by atoms with Gasteiger partial charge in [-0.05, 0) is 18.6 Å². The van der Waals surface area contributed by atoms with Crippen LogP contribution in [0.15, 0.2) is 158 Å². The third kappa shape index (κ3) is 6.97. The fourth-order valence-corrected chi connectivity index (χ4v) is 10.1. The average Bonchev–Trinajstić information content (AvgIpc) is 3.59. The molecule has 0 unspecified atom stereocenters. The van der Waals surface area contributed by atoms with Crippen molar-refractivity contribution in [2.45, 2.75) is 40.5 Å². The van der Waals surface area contributed by atoms with Crippen LogP contribution in [0.5, 0.6) is 11.5 Å². The van der Waals surface area contributed by atoms with Crippen molar-refractivity contribution in [3.8, 4) is 56.3 Å². The van der Waals surface area contributed by atoms with Crippen LogP contribution >= 0.6 is 0 Å². The molecule has 0 fully saturated rings. The molecule has 7 aromatic carbocycles. The van der Waals surface area contributed by atoms with E-state index >= 15 is 0 Å². The third-order valence-corrected chi connectivity index (χ3v) is 13.1. The Hall–Kier alpha value is -6.55. The molecule has 0 atom stereocenters. The molecule has 3 heterocycles. The molecular formula is C55H44N4OPt-2. The normalized spacial score (nSPS) is 12.5. The van der Waals surface area contributed by atoms with Gasteiger partial charge >= 0.3 is 340 Å². The number of nitrogens with zero attached hydrogens (tertiary/aromatic N) is 4. The van der Waals surface area contributed by atoms with Gasteiger partial charge in [-0.25, -0.2) is 0 Å². The number of hydrogen-bond donors (Lipinski definition) is 0. The summed E-state index contributed by atoms with van der Waals surface area (Å²) < 4.78 is 12.6. The molecule has 0 N–H and O–H groups in total. The summed E-state index contributed by atoms with van der Waals surface area (Å²) in [7, 11) is 0. The zero-order valence-corrected chi connectivity index (χ0v) is 36.9. The average molecular weight is 972 g/mol. The van der Waals surface area contributed by atoms with Gasteiger partial charge in [0.25, 0.3) is 0 Å². The summed E-state index contributed by atoms with van der Waals surface area (Å²) in [6, 6.07) is 60.8. The van der Waals surface area contributed by atoms with Gasteiger partial charge in [0.1, 0.15) is 0 Å². The van der Waals surface area contributed by atoms with Crippen molar-refractivity contribution in [2.75, 3.05) is 11.4 Å². The van der Waals surface area contributed by atoms with E-state index < -0.39 is 0 Å². The number of pyridine rings is 1. The van der Waals surface area contributed by atoms with Gasteiger partial charge in [-0.3, -0.25) is 0 Å². The minimum atomic E-state index is 0.612. The van der Waals surface area contributed by atoms with Crippen molar-refractivity contribution < 1.29 is 24.1 Å². The van der Waals surface area contributed by atoms with Gasteiger partial charge in [0.2, 0.25) is 0 Å². The first-order chi connectivity index (χ1) is 29.9. The minimum absolute atomic E-state index is 0.612. The molecule has 10 rings (SSSR count). The summed E-state index contributed by atoms with van der Waals surface area (Å²) in [6.07, 6.45) is 3.87. The molecule has 1 aliphatic heterocycles. The fraction of sp³-hybridized carbons (Fsp3) is 0.127. The Kier molecular flexibility index (Phi) is 10.2. The Morgan fingerprint density at radius 2 is 1.20 bits per heavy atom. The fourth-order valence-electron chi connectivity index (χ4n) is 8.98. The molecule has 0 amide bonds. The second-order valence-corrected chi connectivity index (χ2v) is 16.8. The molecule has 0 bridgehead atoms. The molecule has 1 aliphatic rings. The third-order valence-electron chi connectivity index (χ3n) is 12.1. The van der Waals surface area contributed by atoms with Crippen molar-refractivity contribution >= 4 is 22.5 Å². The van der Waals surface area contributed by atoms with Gasteiger partial charge in [0, 0.05) is 6.20 Å². The van der Waals surface area contributed by atoms with Crippen molar-refractivity contribution in [2.24, 2.45) is 0 Å². The zero-order chi connectivity index (χ0) is 41.6. The van der Waals surface area contributed by atoms with Crippen LogP contribution in [0, 0.1) is 43.6 Å². The second kappa shape index (κ2) is 16.1. The van der Waals surface area contributed by atoms with E-state index in [4.69, 9.17) is 9.72 Å². The monoisotopic (exact) mass is 971 g/mol. The van der Waals surface area contributed by atoms with E-state index in [1.54, 1.807) is 0 Å². The Morgan fingerprint density at radius 1 is 0.590 bits per heavy atom. The van der Waals surface area contributed by atoms with Gasteiger partial charge in [0.05, 0.1) is 0 Å². The van der Waals surface area contributed by atoms with Crippen molar-refractivity contribution in [1.29, 1.82) is 0 Å². The van der Waals surface area contributed by atoms with E-state index in [0.717, 1.165) is 68.2 Å². The SMILES string of the molecule is Cc1ccnc(N2CCCc3c2[c-]c(Oc2[c-]c(-n4[c](=[Pt])n(-c5c(-c6ccccc6)c(C)c(C)c(C)c5-c5ccccc5)c5ccccc54)ccc2)cc3-c2ccccc2)c1. The molecular weight excluding hydrogens is 928 g/mol. The van der Waals surface area contributed by atoms with Gasteiger partial charge in [-0.2, -0.15) is 0 Å². The first-order valence-electron chi connectivity index (χ1n) is 20.8. The van der Waals surface area contributed by atoms with Crippen LogP contribution in [0.4, 0.5) is 11.5 Å². The second-order valence-electron chi connectivity index (χ2n) is 15.8. The summed E-state index contributed by atoms with van der Waals surface area (Å²) >= 11 is 2.51. The standard InChI is InChI=1S/C55H44N4O.Pt/c1-37-29-30-56-52(32-37)57-31-17-26-47-48(41-18-8-5-9-19-41)34-46(35-51(47)57)60-45-25-16-24-44(33-45)58-36-59(50-28-15-14-27-49(50)58)55-53(42-20-10-6-11-21-42)39(3)38(2)40(4)54(55)43-22-12-7-13-23-43;/h5-16,18-25,27-30,32,34H,17,26,31H2,1-4H3;/q-2;. The molecule has 0 saturated heterocycles. The summed E-state index contributed by atoms with van der Waals surface area (Å²) in [5.41, 5.74) is 18.6. The summed E-state index contributed by atoms with van der Waals surface area (Å²) in [5, 5.41) is 0. The van der Waals surface area contributed by atoms with E-state index in [2.05, 4.69) is 213 Å². The molecule has 0 spiro atoms. The number of ether oxygens (including phenoxy) is 1. The predicted molar refractivity (Wildman–Crippen MR) is 245 cm³/mol. The number of aromatic nitrogens is 3. The van der Waals surface area contributed by atoms with Crippen LogP contribution in [-0.4, -0.2) is 20.7 Å². The number of aryl methyl sites for hydroxylation is 1. The summed E-state index contributed by atoms with van der Waals surface area (Å²) in [5.74, 6) is 2.17. The number of anilines is 2. The zero-order valence-electron chi connectivity index (χ0n) is 34.6. The number of imidazole rings is 1. The molecule has 0 saturated carbocycles. The summed E-state index contributed by atoms with van der Waals surface area (Å²) in [6.45, 7) is 9.76. The molecule has 0 radical (unpaired) electrons. The Balaban J connectivity index is 1.15. The van der Waals surface area contributed by atoms with Crippen LogP contribution < -0.4 is 9.64 Å². The van der Waals surface area contributed by atoms with Gasteiger partial charge in [-0.1, -0.05) is 6.07 Å². The molecule has 302 valence electrons. The predicted octanol–water partition coefficient (Wildman–Crippen LogP) is 13.6. The maximum atomic E-state index is 6.84. The van der Waals surface area contributed by atoms with Crippen LogP contribution in [0.1, 0.15) is 34.2 Å². The van der Waals surface area contributed by atoms with Gasteiger partial charge in [0.15, 0.2) is 0 Å². The molecule has 5 nitrogen and oxygen atoms in total. The number of benzene rings is 7. The number of hydrogen-bond acceptors (Lipinski definition) is 3. The van der Waals surface area contributed by atoms with E-state index in [0.29, 0.717) is 11.5 Å². The van der Waals surface area contributed by atoms with E-state index in [1.165, 1.54) is 50.1 Å². The van der Waals surface area contributed by atoms with Crippen molar-refractivity contribution in [1.82, 2.24) is 14.1 Å². The Labute approximate surface area is 368 Å². The Bertz CT molecular complexity index is 3080. The molecule has 6 heteroatoms. The van der Waals surface area contributed by atoms with Crippen molar-refractivity contribution in [3.05, 3.63) is 202 Å². The van der Waals surface area contributed by atoms with Crippen LogP contribution in [0.2, 0.25) is 0 Å². The van der Waals surface area contributed by atoms with Crippen molar-refractivity contribution in [3.63, 3.8) is 0 Å².